The lowest BCUT2D eigenvalue weighted by molar-refractivity contribution is -0.138. The van der Waals surface area contributed by atoms with E-state index in [9.17, 15) is 4.79 Å². The molecule has 0 spiro atoms. The predicted octanol–water partition coefficient (Wildman–Crippen LogP) is 1.85. The van der Waals surface area contributed by atoms with E-state index in [2.05, 4.69) is 18.4 Å². The van der Waals surface area contributed by atoms with Gasteiger partial charge in [0, 0.05) is 23.5 Å². The van der Waals surface area contributed by atoms with Crippen molar-refractivity contribution in [2.24, 2.45) is 11.7 Å². The van der Waals surface area contributed by atoms with Gasteiger partial charge < -0.3 is 15.4 Å². The Bertz CT molecular complexity index is 394. The van der Waals surface area contributed by atoms with E-state index in [4.69, 9.17) is 10.8 Å². The second-order valence-corrected chi connectivity index (χ2v) is 4.65. The first-order valence-electron chi connectivity index (χ1n) is 5.49. The average molecular weight is 224 g/mol. The lowest BCUT2D eigenvalue weighted by Crippen LogP contribution is -2.21. The zero-order valence-corrected chi connectivity index (χ0v) is 10.3. The highest BCUT2D eigenvalue weighted by molar-refractivity contribution is 5.75. The van der Waals surface area contributed by atoms with Gasteiger partial charge in [0.05, 0.1) is 0 Å². The van der Waals surface area contributed by atoms with Gasteiger partial charge in [-0.15, -0.1) is 0 Å². The molecule has 4 heteroatoms. The van der Waals surface area contributed by atoms with Crippen molar-refractivity contribution in [3.05, 3.63) is 23.0 Å². The SMILES string of the molecule is Cc1cc(C(N)C(=O)O)c(C)n1CC(C)C. The first-order valence-corrected chi connectivity index (χ1v) is 5.49. The molecule has 1 rings (SSSR count). The van der Waals surface area contributed by atoms with Gasteiger partial charge in [-0.1, -0.05) is 13.8 Å². The van der Waals surface area contributed by atoms with Gasteiger partial charge in [-0.05, 0) is 25.8 Å². The normalized spacial score (nSPS) is 13.1. The Hall–Kier alpha value is -1.29. The molecule has 0 saturated heterocycles. The van der Waals surface area contributed by atoms with Crippen LogP contribution in [-0.4, -0.2) is 15.6 Å². The molecule has 0 amide bonds. The summed E-state index contributed by atoms with van der Waals surface area (Å²) in [7, 11) is 0. The van der Waals surface area contributed by atoms with E-state index in [1.165, 1.54) is 0 Å². The molecule has 0 aliphatic carbocycles. The maximum absolute atomic E-state index is 10.9. The number of aromatic nitrogens is 1. The molecule has 0 saturated carbocycles. The third-order valence-electron chi connectivity index (χ3n) is 2.76. The largest absolute Gasteiger partial charge is 0.480 e. The minimum Gasteiger partial charge on any atom is -0.480 e. The molecule has 0 aliphatic rings. The number of carbonyl (C=O) groups is 1. The molecule has 0 bridgehead atoms. The van der Waals surface area contributed by atoms with Crippen molar-refractivity contribution in [2.75, 3.05) is 0 Å². The molecule has 16 heavy (non-hydrogen) atoms. The van der Waals surface area contributed by atoms with Crippen LogP contribution in [0.2, 0.25) is 0 Å². The molecule has 1 aromatic heterocycles. The van der Waals surface area contributed by atoms with Gasteiger partial charge in [0.1, 0.15) is 6.04 Å². The number of hydrogen-bond acceptors (Lipinski definition) is 2. The Morgan fingerprint density at radius 2 is 2.06 bits per heavy atom. The van der Waals surface area contributed by atoms with Gasteiger partial charge in [-0.3, -0.25) is 4.79 Å². The van der Waals surface area contributed by atoms with Crippen molar-refractivity contribution in [3.8, 4) is 0 Å². The number of nitrogens with zero attached hydrogens (tertiary/aromatic N) is 1. The topological polar surface area (TPSA) is 68.2 Å². The molecule has 0 aromatic carbocycles. The second kappa shape index (κ2) is 4.70. The Labute approximate surface area is 96.1 Å². The van der Waals surface area contributed by atoms with Crippen molar-refractivity contribution in [1.82, 2.24) is 4.57 Å². The zero-order valence-electron chi connectivity index (χ0n) is 10.3. The summed E-state index contributed by atoms with van der Waals surface area (Å²) in [4.78, 5) is 10.9. The van der Waals surface area contributed by atoms with Crippen LogP contribution in [0.3, 0.4) is 0 Å². The van der Waals surface area contributed by atoms with Gasteiger partial charge in [-0.25, -0.2) is 0 Å². The zero-order chi connectivity index (χ0) is 12.5. The molecule has 1 unspecified atom stereocenters. The maximum atomic E-state index is 10.9. The van der Waals surface area contributed by atoms with Gasteiger partial charge in [-0.2, -0.15) is 0 Å². The Kier molecular flexibility index (Phi) is 3.75. The van der Waals surface area contributed by atoms with Crippen LogP contribution >= 0.6 is 0 Å². The molecule has 3 N–H and O–H groups in total. The number of rotatable bonds is 4. The minimum atomic E-state index is -0.982. The summed E-state index contributed by atoms with van der Waals surface area (Å²) in [5.41, 5.74) is 8.38. The van der Waals surface area contributed by atoms with E-state index < -0.39 is 12.0 Å². The van der Waals surface area contributed by atoms with Crippen molar-refractivity contribution >= 4 is 5.97 Å². The fourth-order valence-electron chi connectivity index (χ4n) is 1.92. The molecule has 1 aromatic rings. The molecule has 4 nitrogen and oxygen atoms in total. The minimum absolute atomic E-state index is 0.527. The summed E-state index contributed by atoms with van der Waals surface area (Å²) in [5, 5.41) is 8.91. The van der Waals surface area contributed by atoms with Gasteiger partial charge in [0.15, 0.2) is 0 Å². The van der Waals surface area contributed by atoms with Crippen molar-refractivity contribution in [2.45, 2.75) is 40.3 Å². The van der Waals surface area contributed by atoms with E-state index in [1.54, 1.807) is 0 Å². The molecular formula is C12H20N2O2. The third kappa shape index (κ3) is 2.44. The molecular weight excluding hydrogens is 204 g/mol. The van der Waals surface area contributed by atoms with E-state index in [0.717, 1.165) is 17.9 Å². The number of carboxylic acids is 1. The summed E-state index contributed by atoms with van der Waals surface area (Å²) in [6.07, 6.45) is 0. The van der Waals surface area contributed by atoms with E-state index in [-0.39, 0.29) is 0 Å². The summed E-state index contributed by atoms with van der Waals surface area (Å²) < 4.78 is 2.13. The van der Waals surface area contributed by atoms with Gasteiger partial charge in [0.2, 0.25) is 0 Å². The van der Waals surface area contributed by atoms with Crippen LogP contribution in [0, 0.1) is 19.8 Å². The number of carboxylic acid groups (broad SMARTS) is 1. The molecule has 1 heterocycles. The monoisotopic (exact) mass is 224 g/mol. The average Bonchev–Trinajstić information content (AvgIpc) is 2.44. The standard InChI is InChI=1S/C12H20N2O2/c1-7(2)6-14-8(3)5-10(9(14)4)11(13)12(15)16/h5,7,11H,6,13H2,1-4H3,(H,15,16). The summed E-state index contributed by atoms with van der Waals surface area (Å²) in [5.74, 6) is -0.455. The van der Waals surface area contributed by atoms with E-state index in [0.29, 0.717) is 11.5 Å². The van der Waals surface area contributed by atoms with Crippen molar-refractivity contribution in [1.29, 1.82) is 0 Å². The highest BCUT2D eigenvalue weighted by Gasteiger charge is 2.20. The van der Waals surface area contributed by atoms with Crippen LogP contribution in [-0.2, 0) is 11.3 Å². The van der Waals surface area contributed by atoms with Crippen LogP contribution in [0.1, 0.15) is 36.8 Å². The van der Waals surface area contributed by atoms with Crippen LogP contribution in [0.25, 0.3) is 0 Å². The lowest BCUT2D eigenvalue weighted by atomic mass is 10.1. The Morgan fingerprint density at radius 3 is 2.50 bits per heavy atom. The summed E-state index contributed by atoms with van der Waals surface area (Å²) in [6, 6.07) is 0.948. The quantitative estimate of drug-likeness (QED) is 0.820. The first kappa shape index (κ1) is 12.8. The fourth-order valence-corrected chi connectivity index (χ4v) is 1.92. The van der Waals surface area contributed by atoms with E-state index in [1.807, 2.05) is 19.9 Å². The highest BCUT2D eigenvalue weighted by Crippen LogP contribution is 2.21. The highest BCUT2D eigenvalue weighted by atomic mass is 16.4. The molecule has 0 radical (unpaired) electrons. The third-order valence-corrected chi connectivity index (χ3v) is 2.76. The Morgan fingerprint density at radius 1 is 1.50 bits per heavy atom. The van der Waals surface area contributed by atoms with Crippen LogP contribution < -0.4 is 5.73 Å². The van der Waals surface area contributed by atoms with Crippen LogP contribution in [0.15, 0.2) is 6.07 Å². The van der Waals surface area contributed by atoms with Crippen molar-refractivity contribution in [3.63, 3.8) is 0 Å². The predicted molar refractivity (Wildman–Crippen MR) is 63.3 cm³/mol. The second-order valence-electron chi connectivity index (χ2n) is 4.65. The molecule has 0 fully saturated rings. The fraction of sp³-hybridized carbons (Fsp3) is 0.583. The van der Waals surface area contributed by atoms with Crippen LogP contribution in [0.5, 0.6) is 0 Å². The Balaban J connectivity index is 3.10. The maximum Gasteiger partial charge on any atom is 0.325 e. The smallest absolute Gasteiger partial charge is 0.325 e. The first-order chi connectivity index (χ1) is 7.34. The molecule has 0 aliphatic heterocycles. The number of hydrogen-bond donors (Lipinski definition) is 2. The summed E-state index contributed by atoms with van der Waals surface area (Å²) in [6.45, 7) is 9.07. The van der Waals surface area contributed by atoms with Crippen molar-refractivity contribution < 1.29 is 9.90 Å². The van der Waals surface area contributed by atoms with Gasteiger partial charge >= 0.3 is 5.97 Å². The number of nitrogens with two attached hydrogens (primary N) is 1. The van der Waals surface area contributed by atoms with Gasteiger partial charge in [0.25, 0.3) is 0 Å². The number of aryl methyl sites for hydroxylation is 1. The van der Waals surface area contributed by atoms with E-state index >= 15 is 0 Å². The molecule has 90 valence electrons. The van der Waals surface area contributed by atoms with Crippen LogP contribution in [0.4, 0.5) is 0 Å². The number of aliphatic carboxylic acids is 1. The summed E-state index contributed by atoms with van der Waals surface area (Å²) >= 11 is 0. The lowest BCUT2D eigenvalue weighted by Gasteiger charge is -2.13. The molecule has 1 atom stereocenters.